The number of hydrogen-bond acceptors (Lipinski definition) is 5. The molecule has 1 aromatic rings. The number of pyridine rings is 1. The molecule has 0 atom stereocenters. The minimum absolute atomic E-state index is 0.290. The van der Waals surface area contributed by atoms with Crippen molar-refractivity contribution in [1.82, 2.24) is 0 Å². The second-order valence-corrected chi connectivity index (χ2v) is 7.45. The van der Waals surface area contributed by atoms with E-state index in [0.717, 1.165) is 25.8 Å². The van der Waals surface area contributed by atoms with Crippen molar-refractivity contribution in [2.45, 2.75) is 58.0 Å². The number of rotatable bonds is 9. The van der Waals surface area contributed by atoms with Gasteiger partial charge in [-0.05, 0) is 32.3 Å². The van der Waals surface area contributed by atoms with Gasteiger partial charge >= 0.3 is 11.5 Å². The van der Waals surface area contributed by atoms with Gasteiger partial charge in [0.05, 0.1) is 6.61 Å². The maximum absolute atomic E-state index is 11.2. The normalized spacial score (nSPS) is 11.4. The minimum Gasteiger partial charge on any atom is -0.741 e. The van der Waals surface area contributed by atoms with E-state index in [2.05, 4.69) is 42.6 Å². The molecule has 160 valence electrons. The molecule has 0 amide bonds. The van der Waals surface area contributed by atoms with Gasteiger partial charge in [-0.15, -0.1) is 0 Å². The summed E-state index contributed by atoms with van der Waals surface area (Å²) >= 11 is 0. The highest BCUT2D eigenvalue weighted by molar-refractivity contribution is 7.86. The first-order chi connectivity index (χ1) is 12.9. The summed E-state index contributed by atoms with van der Waals surface area (Å²) in [6, 6.07) is 4.26. The average molecular weight is 425 g/mol. The monoisotopic (exact) mass is 425 g/mol. The van der Waals surface area contributed by atoms with Crippen molar-refractivity contribution in [3.8, 4) is 0 Å². The van der Waals surface area contributed by atoms with Gasteiger partial charge in [0.15, 0.2) is 22.5 Å². The number of nitrogens with zero attached hydrogens (tertiary/aromatic N) is 1. The van der Waals surface area contributed by atoms with E-state index < -0.39 is 15.6 Å². The maximum atomic E-state index is 11.2. The Morgan fingerprint density at radius 2 is 1.89 bits per heavy atom. The van der Waals surface area contributed by atoms with Crippen molar-refractivity contribution < 1.29 is 40.2 Å². The molecule has 0 aliphatic carbocycles. The molecule has 28 heavy (non-hydrogen) atoms. The quantitative estimate of drug-likeness (QED) is 0.151. The summed E-state index contributed by atoms with van der Waals surface area (Å²) in [7, 11) is -6.09. The number of aromatic nitrogens is 1. The highest BCUT2D eigenvalue weighted by Crippen LogP contribution is 2.20. The molecule has 0 radical (unpaired) electrons. The first-order valence-corrected chi connectivity index (χ1v) is 10.1. The van der Waals surface area contributed by atoms with Gasteiger partial charge in [0.25, 0.3) is 0 Å². The standard InChI is InChI=1S/C17H26NO2.CHF3O3S/c1-4-5-11-18-12-8-10-16(14-18)9-6-7-13-20-17(19)15(2)3;2-1(3,4)8(5,6)7/h8,10,12,14H,2,4-7,9,11,13H2,1,3H3;(H,5,6,7)/q+1;/p-1. The van der Waals surface area contributed by atoms with Crippen molar-refractivity contribution in [2.75, 3.05) is 6.61 Å². The molecule has 0 aliphatic rings. The van der Waals surface area contributed by atoms with E-state index in [1.165, 1.54) is 18.4 Å². The van der Waals surface area contributed by atoms with Gasteiger partial charge < -0.3 is 9.29 Å². The number of aryl methyl sites for hydroxylation is 2. The largest absolute Gasteiger partial charge is 0.741 e. The van der Waals surface area contributed by atoms with Crippen molar-refractivity contribution in [2.24, 2.45) is 0 Å². The van der Waals surface area contributed by atoms with Gasteiger partial charge in [-0.3, -0.25) is 0 Å². The number of carbonyl (C=O) groups excluding carboxylic acids is 1. The second-order valence-electron chi connectivity index (χ2n) is 6.08. The van der Waals surface area contributed by atoms with Gasteiger partial charge in [-0.25, -0.2) is 17.8 Å². The highest BCUT2D eigenvalue weighted by atomic mass is 32.2. The number of hydrogen-bond donors (Lipinski definition) is 0. The Morgan fingerprint density at radius 1 is 1.29 bits per heavy atom. The lowest BCUT2D eigenvalue weighted by Crippen LogP contribution is -2.33. The Hall–Kier alpha value is -1.94. The maximum Gasteiger partial charge on any atom is 0.485 e. The molecule has 0 spiro atoms. The summed E-state index contributed by atoms with van der Waals surface area (Å²) < 4.78 is 66.2. The van der Waals surface area contributed by atoms with Gasteiger partial charge in [0, 0.05) is 23.6 Å². The number of ether oxygens (including phenoxy) is 1. The van der Waals surface area contributed by atoms with Gasteiger partial charge in [-0.2, -0.15) is 13.2 Å². The third kappa shape index (κ3) is 11.7. The van der Waals surface area contributed by atoms with Crippen LogP contribution in [0, 0.1) is 0 Å². The number of carbonyl (C=O) groups is 1. The fraction of sp³-hybridized carbons (Fsp3) is 0.556. The van der Waals surface area contributed by atoms with Crippen LogP contribution >= 0.6 is 0 Å². The first kappa shape index (κ1) is 26.1. The van der Waals surface area contributed by atoms with Crippen LogP contribution in [0.1, 0.15) is 45.1 Å². The minimum atomic E-state index is -6.09. The third-order valence-electron chi connectivity index (χ3n) is 3.41. The summed E-state index contributed by atoms with van der Waals surface area (Å²) in [6.07, 6.45) is 9.71. The summed E-state index contributed by atoms with van der Waals surface area (Å²) in [4.78, 5) is 11.2. The van der Waals surface area contributed by atoms with Crippen LogP contribution in [-0.2, 0) is 32.6 Å². The topological polar surface area (TPSA) is 87.4 Å². The Morgan fingerprint density at radius 3 is 2.39 bits per heavy atom. The van der Waals surface area contributed by atoms with Crippen LogP contribution in [0.3, 0.4) is 0 Å². The van der Waals surface area contributed by atoms with Gasteiger partial charge in [0.1, 0.15) is 6.54 Å². The molecule has 0 aromatic carbocycles. The van der Waals surface area contributed by atoms with Crippen LogP contribution in [0.15, 0.2) is 36.7 Å². The predicted octanol–water partition coefficient (Wildman–Crippen LogP) is 3.27. The molecule has 10 heteroatoms. The molecule has 0 unspecified atom stereocenters. The lowest BCUT2D eigenvalue weighted by atomic mass is 10.1. The van der Waals surface area contributed by atoms with E-state index in [-0.39, 0.29) is 5.97 Å². The molecule has 1 aromatic heterocycles. The van der Waals surface area contributed by atoms with E-state index in [4.69, 9.17) is 17.7 Å². The van der Waals surface area contributed by atoms with Crippen molar-refractivity contribution >= 4 is 16.1 Å². The number of halogens is 3. The molecule has 1 rings (SSSR count). The smallest absolute Gasteiger partial charge is 0.485 e. The predicted molar refractivity (Wildman–Crippen MR) is 96.0 cm³/mol. The average Bonchev–Trinajstić information content (AvgIpc) is 2.58. The summed E-state index contributed by atoms with van der Waals surface area (Å²) in [5.74, 6) is -0.290. The number of esters is 1. The SMILES string of the molecule is C=C(C)C(=O)OCCCCc1ccc[n+](CCCC)c1.O=S(=O)([O-])C(F)(F)F. The fourth-order valence-electron chi connectivity index (χ4n) is 1.92. The van der Waals surface area contributed by atoms with E-state index in [1.54, 1.807) is 6.92 Å². The molecule has 6 nitrogen and oxygen atoms in total. The molecular formula is C18H26F3NO5S. The molecule has 0 bridgehead atoms. The van der Waals surface area contributed by atoms with Gasteiger partial charge in [-0.1, -0.05) is 19.9 Å². The summed E-state index contributed by atoms with van der Waals surface area (Å²) in [5, 5.41) is 0. The Balaban J connectivity index is 0.000000769. The summed E-state index contributed by atoms with van der Waals surface area (Å²) in [5.41, 5.74) is -3.84. The number of unbranched alkanes of at least 4 members (excludes halogenated alkanes) is 2. The molecule has 0 saturated heterocycles. The Kier molecular flexibility index (Phi) is 11.6. The molecule has 0 saturated carbocycles. The van der Waals surface area contributed by atoms with Crippen molar-refractivity contribution in [1.29, 1.82) is 0 Å². The van der Waals surface area contributed by atoms with Crippen LogP contribution in [0.4, 0.5) is 13.2 Å². The fourth-order valence-corrected chi connectivity index (χ4v) is 1.92. The van der Waals surface area contributed by atoms with Crippen LogP contribution in [-0.4, -0.2) is 31.1 Å². The molecule has 0 fully saturated rings. The third-order valence-corrected chi connectivity index (χ3v) is 3.98. The van der Waals surface area contributed by atoms with Crippen LogP contribution in [0.5, 0.6) is 0 Å². The zero-order valence-corrected chi connectivity index (χ0v) is 16.8. The molecular weight excluding hydrogens is 399 g/mol. The Bertz CT molecular complexity index is 733. The van der Waals surface area contributed by atoms with Gasteiger partial charge in [0.2, 0.25) is 0 Å². The molecule has 0 N–H and O–H groups in total. The molecule has 0 aliphatic heterocycles. The number of alkyl halides is 3. The van der Waals surface area contributed by atoms with Crippen LogP contribution in [0.2, 0.25) is 0 Å². The Labute approximate surface area is 163 Å². The van der Waals surface area contributed by atoms with Crippen molar-refractivity contribution in [3.05, 3.63) is 42.2 Å². The van der Waals surface area contributed by atoms with Crippen LogP contribution < -0.4 is 4.57 Å². The van der Waals surface area contributed by atoms with E-state index in [9.17, 15) is 18.0 Å². The lowest BCUT2D eigenvalue weighted by molar-refractivity contribution is -0.697. The second kappa shape index (κ2) is 12.5. The van der Waals surface area contributed by atoms with E-state index in [0.29, 0.717) is 12.2 Å². The van der Waals surface area contributed by atoms with Crippen LogP contribution in [0.25, 0.3) is 0 Å². The highest BCUT2D eigenvalue weighted by Gasteiger charge is 2.36. The lowest BCUT2D eigenvalue weighted by Gasteiger charge is -2.08. The zero-order valence-electron chi connectivity index (χ0n) is 16.0. The van der Waals surface area contributed by atoms with E-state index in [1.807, 2.05) is 0 Å². The molecule has 1 heterocycles. The summed E-state index contributed by atoms with van der Waals surface area (Å²) in [6.45, 7) is 9.00. The first-order valence-electron chi connectivity index (χ1n) is 8.71. The zero-order chi connectivity index (χ0) is 21.8. The van der Waals surface area contributed by atoms with Crippen molar-refractivity contribution in [3.63, 3.8) is 0 Å². The van der Waals surface area contributed by atoms with E-state index >= 15 is 0 Å².